The highest BCUT2D eigenvalue weighted by atomic mass is 35.6. The zero-order chi connectivity index (χ0) is 17.3. The van der Waals surface area contributed by atoms with Gasteiger partial charge in [0.2, 0.25) is 0 Å². The maximum atomic E-state index is 11.2. The van der Waals surface area contributed by atoms with Gasteiger partial charge in [-0.1, -0.05) is 0 Å². The maximum Gasteiger partial charge on any atom is 0.327 e. The second kappa shape index (κ2) is 9.63. The van der Waals surface area contributed by atoms with Crippen molar-refractivity contribution in [2.24, 2.45) is 0 Å². The fourth-order valence-electron chi connectivity index (χ4n) is 2.35. The zero-order valence-corrected chi connectivity index (χ0v) is 14.2. The molecule has 0 fully saturated rings. The van der Waals surface area contributed by atoms with Crippen LogP contribution in [0, 0.1) is 31.6 Å². The van der Waals surface area contributed by atoms with Crippen LogP contribution in [0.2, 0.25) is 0 Å². The van der Waals surface area contributed by atoms with E-state index >= 15 is 0 Å². The molecule has 0 unspecified atom stereocenters. The molecule has 0 aliphatic heterocycles. The Bertz CT molecular complexity index is 516. The van der Waals surface area contributed by atoms with Gasteiger partial charge < -0.3 is 4.66 Å². The third-order valence-electron chi connectivity index (χ3n) is 3.69. The van der Waals surface area contributed by atoms with E-state index < -0.39 is 17.1 Å². The van der Waals surface area contributed by atoms with Crippen molar-refractivity contribution >= 4 is 23.9 Å². The minimum Gasteiger partial charge on any atom is -0.506 e. The Kier molecular flexibility index (Phi) is 9.04. The molecule has 0 spiro atoms. The van der Waals surface area contributed by atoms with Crippen LogP contribution in [-0.2, 0) is 0 Å². The summed E-state index contributed by atoms with van der Waals surface area (Å²) in [5, 5.41) is 22.6. The van der Waals surface area contributed by atoms with Gasteiger partial charge in [0.15, 0.2) is 5.30 Å². The SMILES string of the molecule is CC[P+](CC)(CC)c1ccc([N+](=O)[O-])cc1[N+](=O)[O-].[O-][Cl+]O. The zero-order valence-electron chi connectivity index (χ0n) is 12.6. The number of halogens is 1. The predicted molar refractivity (Wildman–Crippen MR) is 80.1 cm³/mol. The van der Waals surface area contributed by atoms with E-state index in [0.717, 1.165) is 24.6 Å². The first-order valence-electron chi connectivity index (χ1n) is 6.53. The van der Waals surface area contributed by atoms with E-state index in [1.807, 2.05) is 20.8 Å². The van der Waals surface area contributed by atoms with Crippen LogP contribution >= 0.6 is 7.26 Å². The van der Waals surface area contributed by atoms with E-state index in [9.17, 15) is 20.2 Å². The van der Waals surface area contributed by atoms with E-state index in [2.05, 4.69) is 0 Å². The number of hydrogen-bond donors (Lipinski definition) is 1. The second-order valence-corrected chi connectivity index (χ2v) is 9.16. The van der Waals surface area contributed by atoms with Crippen LogP contribution < -0.4 is 9.96 Å². The van der Waals surface area contributed by atoms with Crippen molar-refractivity contribution in [3.63, 3.8) is 0 Å². The van der Waals surface area contributed by atoms with Gasteiger partial charge in [-0.15, -0.1) is 4.66 Å². The number of rotatable bonds is 6. The van der Waals surface area contributed by atoms with Crippen LogP contribution in [0.15, 0.2) is 18.2 Å². The monoisotopic (exact) mass is 353 g/mol. The fourth-order valence-corrected chi connectivity index (χ4v) is 5.74. The Morgan fingerprint density at radius 2 is 1.55 bits per heavy atom. The van der Waals surface area contributed by atoms with Crippen molar-refractivity contribution in [2.75, 3.05) is 18.5 Å². The van der Waals surface area contributed by atoms with Crippen LogP contribution in [0.3, 0.4) is 0 Å². The summed E-state index contributed by atoms with van der Waals surface area (Å²) in [5.41, 5.74) is -0.329. The number of benzene rings is 1. The smallest absolute Gasteiger partial charge is 0.327 e. The van der Waals surface area contributed by atoms with Gasteiger partial charge in [0, 0.05) is 6.07 Å². The first-order valence-corrected chi connectivity index (χ1v) is 9.52. The van der Waals surface area contributed by atoms with Crippen LogP contribution in [0.5, 0.6) is 0 Å². The minimum atomic E-state index is -1.60. The van der Waals surface area contributed by atoms with Gasteiger partial charge >= 0.3 is 17.0 Å². The quantitative estimate of drug-likeness (QED) is 0.468. The van der Waals surface area contributed by atoms with Crippen LogP contribution in [0.25, 0.3) is 0 Å². The Morgan fingerprint density at radius 1 is 1.09 bits per heavy atom. The summed E-state index contributed by atoms with van der Waals surface area (Å²) < 4.78 is 15.2. The Labute approximate surface area is 132 Å². The fraction of sp³-hybridized carbons (Fsp3) is 0.500. The van der Waals surface area contributed by atoms with Crippen molar-refractivity contribution < 1.29 is 30.5 Å². The summed E-state index contributed by atoms with van der Waals surface area (Å²) in [6.45, 7) is 6.10. The first kappa shape index (κ1) is 20.7. The van der Waals surface area contributed by atoms with Gasteiger partial charge in [0.25, 0.3) is 5.69 Å². The lowest BCUT2D eigenvalue weighted by Crippen LogP contribution is -2.21. The molecule has 8 nitrogen and oxygen atoms in total. The molecule has 0 bridgehead atoms. The Morgan fingerprint density at radius 3 is 1.86 bits per heavy atom. The van der Waals surface area contributed by atoms with E-state index in [1.54, 1.807) is 6.07 Å². The standard InChI is InChI=1S/C12H18N2O4P.ClHO2/c1-4-19(5-2,6-3)12-8-7-10(13(15)16)9-11(12)14(17)18;2-1-3/h7-9H,4-6H2,1-3H3;2H/q+1;. The number of nitro benzene ring substituents is 2. The number of hydrogen-bond acceptors (Lipinski definition) is 6. The Hall–Kier alpha value is -1.34. The van der Waals surface area contributed by atoms with Crippen molar-refractivity contribution in [3.05, 3.63) is 38.4 Å². The van der Waals surface area contributed by atoms with Crippen molar-refractivity contribution in [3.8, 4) is 0 Å². The highest BCUT2D eigenvalue weighted by molar-refractivity contribution is 7.83. The van der Waals surface area contributed by atoms with E-state index in [0.29, 0.717) is 5.30 Å². The van der Waals surface area contributed by atoms with Crippen LogP contribution in [0.1, 0.15) is 20.8 Å². The molecule has 22 heavy (non-hydrogen) atoms. The molecular formula is C12H19ClN2O6P+. The van der Waals surface area contributed by atoms with Crippen molar-refractivity contribution in [1.82, 2.24) is 0 Å². The highest BCUT2D eigenvalue weighted by Crippen LogP contribution is 2.58. The van der Waals surface area contributed by atoms with E-state index in [1.165, 1.54) is 6.07 Å². The highest BCUT2D eigenvalue weighted by Gasteiger charge is 2.41. The third kappa shape index (κ3) is 4.84. The molecule has 0 aliphatic rings. The van der Waals surface area contributed by atoms with Crippen molar-refractivity contribution in [1.29, 1.82) is 0 Å². The summed E-state index contributed by atoms with van der Waals surface area (Å²) in [6.07, 6.45) is 2.62. The lowest BCUT2D eigenvalue weighted by atomic mass is 10.3. The van der Waals surface area contributed by atoms with Crippen LogP contribution in [0.4, 0.5) is 11.4 Å². The summed E-state index contributed by atoms with van der Waals surface area (Å²) in [4.78, 5) is 20.8. The lowest BCUT2D eigenvalue weighted by molar-refractivity contribution is -1.27. The molecule has 1 aromatic carbocycles. The van der Waals surface area contributed by atoms with Gasteiger partial charge in [-0.05, 0) is 26.8 Å². The number of nitrogens with zero attached hydrogens (tertiary/aromatic N) is 2. The van der Waals surface area contributed by atoms with Gasteiger partial charge in [-0.25, -0.2) is 0 Å². The summed E-state index contributed by atoms with van der Waals surface area (Å²) in [6, 6.07) is 4.05. The molecule has 0 aromatic heterocycles. The molecule has 0 atom stereocenters. The molecule has 0 aliphatic carbocycles. The van der Waals surface area contributed by atoms with Gasteiger partial charge in [0.1, 0.15) is 0 Å². The predicted octanol–water partition coefficient (Wildman–Crippen LogP) is 1.46. The minimum absolute atomic E-state index is 0.104. The molecular weight excluding hydrogens is 335 g/mol. The molecule has 0 saturated carbocycles. The van der Waals surface area contributed by atoms with Gasteiger partial charge in [0.05, 0.1) is 41.7 Å². The summed E-state index contributed by atoms with van der Waals surface area (Å²) in [5.74, 6) is 0. The maximum absolute atomic E-state index is 11.2. The summed E-state index contributed by atoms with van der Waals surface area (Å²) >= 11 is -0.167. The van der Waals surface area contributed by atoms with Crippen LogP contribution in [-0.4, -0.2) is 33.0 Å². The van der Waals surface area contributed by atoms with E-state index in [4.69, 9.17) is 9.32 Å². The van der Waals surface area contributed by atoms with E-state index in [-0.39, 0.29) is 22.7 Å². The molecule has 1 N–H and O–H groups in total. The summed E-state index contributed by atoms with van der Waals surface area (Å²) in [7, 11) is -1.60. The first-order chi connectivity index (χ1) is 10.3. The molecule has 10 heteroatoms. The topological polar surface area (TPSA) is 130 Å². The molecule has 0 saturated heterocycles. The van der Waals surface area contributed by atoms with Gasteiger partial charge in [-0.3, -0.25) is 20.2 Å². The molecule has 1 rings (SSSR count). The molecule has 0 heterocycles. The average Bonchev–Trinajstić information content (AvgIpc) is 2.50. The molecule has 0 radical (unpaired) electrons. The third-order valence-corrected chi connectivity index (χ3v) is 8.73. The molecule has 124 valence electrons. The second-order valence-electron chi connectivity index (χ2n) is 4.35. The molecule has 0 amide bonds. The normalized spacial score (nSPS) is 10.6. The molecule has 1 aromatic rings. The Balaban J connectivity index is 0.00000135. The lowest BCUT2D eigenvalue weighted by Gasteiger charge is -2.22. The average molecular weight is 354 g/mol. The van der Waals surface area contributed by atoms with Gasteiger partial charge in [-0.2, -0.15) is 0 Å². The largest absolute Gasteiger partial charge is 0.506 e. The number of non-ortho nitro benzene ring substituents is 1. The van der Waals surface area contributed by atoms with Crippen molar-refractivity contribution in [2.45, 2.75) is 20.8 Å². The number of nitro groups is 2.